The fourth-order valence-corrected chi connectivity index (χ4v) is 4.70. The average Bonchev–Trinajstić information content (AvgIpc) is 3.13. The molecule has 0 spiro atoms. The molecule has 1 saturated heterocycles. The number of para-hydroxylation sites is 1. The van der Waals surface area contributed by atoms with Gasteiger partial charge in [-0.1, -0.05) is 45.9 Å². The number of likely N-dealkylation sites (N-methyl/N-ethyl adjacent to an activating group) is 1. The van der Waals surface area contributed by atoms with Crippen molar-refractivity contribution in [1.82, 2.24) is 9.80 Å². The van der Waals surface area contributed by atoms with Gasteiger partial charge in [-0.3, -0.25) is 9.59 Å². The summed E-state index contributed by atoms with van der Waals surface area (Å²) in [6.07, 6.45) is 0. The van der Waals surface area contributed by atoms with Crippen molar-refractivity contribution < 1.29 is 24.2 Å². The largest absolute Gasteiger partial charge is 0.507 e. The number of ether oxygens (including phenoxy) is 2. The van der Waals surface area contributed by atoms with Crippen LogP contribution in [0.25, 0.3) is 5.76 Å². The number of rotatable bonds is 11. The van der Waals surface area contributed by atoms with Crippen molar-refractivity contribution in [2.75, 3.05) is 39.9 Å². The van der Waals surface area contributed by atoms with E-state index in [1.54, 1.807) is 24.1 Å². The van der Waals surface area contributed by atoms with Crippen LogP contribution in [0.3, 0.4) is 0 Å². The van der Waals surface area contributed by atoms with Gasteiger partial charge in [-0.25, -0.2) is 0 Å². The molecule has 0 saturated carbocycles. The molecular weight excluding hydrogens is 456 g/mol. The fraction of sp³-hybridized carbons (Fsp3) is 0.448. The third-order valence-electron chi connectivity index (χ3n) is 6.73. The molecule has 2 aromatic carbocycles. The molecule has 1 aliphatic rings. The predicted octanol–water partition coefficient (Wildman–Crippen LogP) is 4.98. The second kappa shape index (κ2) is 12.1. The van der Waals surface area contributed by atoms with Gasteiger partial charge in [0.2, 0.25) is 0 Å². The number of methoxy groups -OCH3 is 1. The lowest BCUT2D eigenvalue weighted by Gasteiger charge is -2.29. The van der Waals surface area contributed by atoms with E-state index >= 15 is 0 Å². The van der Waals surface area contributed by atoms with Crippen LogP contribution >= 0.6 is 0 Å². The van der Waals surface area contributed by atoms with Gasteiger partial charge in [0, 0.05) is 24.2 Å². The minimum absolute atomic E-state index is 0.0721. The normalized spacial score (nSPS) is 17.3. The highest BCUT2D eigenvalue weighted by molar-refractivity contribution is 6.46. The molecule has 0 radical (unpaired) electrons. The number of ketones is 1. The topological polar surface area (TPSA) is 79.3 Å². The lowest BCUT2D eigenvalue weighted by Crippen LogP contribution is -2.38. The van der Waals surface area contributed by atoms with Gasteiger partial charge in [-0.05, 0) is 55.8 Å². The van der Waals surface area contributed by atoms with Crippen LogP contribution in [-0.4, -0.2) is 66.5 Å². The smallest absolute Gasteiger partial charge is 0.295 e. The molecule has 1 amide bonds. The Balaban J connectivity index is 2.18. The number of carbonyl (C=O) groups is 2. The van der Waals surface area contributed by atoms with Crippen molar-refractivity contribution in [3.8, 4) is 11.5 Å². The van der Waals surface area contributed by atoms with Gasteiger partial charge in [-0.15, -0.1) is 0 Å². The second-order valence-electron chi connectivity index (χ2n) is 9.10. The fourth-order valence-electron chi connectivity index (χ4n) is 4.70. The van der Waals surface area contributed by atoms with Crippen molar-refractivity contribution in [1.29, 1.82) is 0 Å². The second-order valence-corrected chi connectivity index (χ2v) is 9.10. The average molecular weight is 495 g/mol. The number of hydrogen-bond acceptors (Lipinski definition) is 6. The van der Waals surface area contributed by atoms with Crippen molar-refractivity contribution in [3.05, 3.63) is 64.7 Å². The zero-order valence-electron chi connectivity index (χ0n) is 22.2. The van der Waals surface area contributed by atoms with E-state index in [0.29, 0.717) is 36.6 Å². The van der Waals surface area contributed by atoms with Crippen molar-refractivity contribution >= 4 is 17.4 Å². The van der Waals surface area contributed by atoms with Crippen LogP contribution < -0.4 is 9.47 Å². The summed E-state index contributed by atoms with van der Waals surface area (Å²) in [4.78, 5) is 30.4. The van der Waals surface area contributed by atoms with Gasteiger partial charge in [0.05, 0.1) is 25.3 Å². The highest BCUT2D eigenvalue weighted by Crippen LogP contribution is 2.43. The monoisotopic (exact) mass is 494 g/mol. The summed E-state index contributed by atoms with van der Waals surface area (Å²) in [7, 11) is 1.56. The van der Waals surface area contributed by atoms with Crippen LogP contribution in [0.5, 0.6) is 11.5 Å². The van der Waals surface area contributed by atoms with Crippen LogP contribution in [0.4, 0.5) is 0 Å². The first-order valence-corrected chi connectivity index (χ1v) is 12.7. The Morgan fingerprint density at radius 2 is 1.75 bits per heavy atom. The van der Waals surface area contributed by atoms with Gasteiger partial charge in [0.15, 0.2) is 0 Å². The van der Waals surface area contributed by atoms with E-state index in [1.165, 1.54) is 0 Å². The Kier molecular flexibility index (Phi) is 9.15. The first-order valence-electron chi connectivity index (χ1n) is 12.7. The van der Waals surface area contributed by atoms with Crippen LogP contribution in [0.1, 0.15) is 63.3 Å². The maximum atomic E-state index is 13.4. The number of aliphatic hydroxyl groups excluding tert-OH is 1. The Morgan fingerprint density at radius 1 is 1.06 bits per heavy atom. The molecule has 7 nitrogen and oxygen atoms in total. The minimum Gasteiger partial charge on any atom is -0.507 e. The summed E-state index contributed by atoms with van der Waals surface area (Å²) >= 11 is 0. The number of aliphatic hydroxyl groups is 1. The van der Waals surface area contributed by atoms with E-state index in [4.69, 9.17) is 9.47 Å². The molecule has 194 valence electrons. The quantitative estimate of drug-likeness (QED) is 0.270. The van der Waals surface area contributed by atoms with E-state index in [1.807, 2.05) is 51.1 Å². The first-order chi connectivity index (χ1) is 17.3. The van der Waals surface area contributed by atoms with Crippen molar-refractivity contribution in [2.24, 2.45) is 0 Å². The summed E-state index contributed by atoms with van der Waals surface area (Å²) in [5.74, 6) is -0.0689. The molecular formula is C29H38N2O5. The number of likely N-dealkylation sites (tertiary alicyclic amines) is 1. The minimum atomic E-state index is -0.759. The molecule has 1 unspecified atom stereocenters. The van der Waals surface area contributed by atoms with Gasteiger partial charge < -0.3 is 24.4 Å². The molecule has 36 heavy (non-hydrogen) atoms. The predicted molar refractivity (Wildman–Crippen MR) is 141 cm³/mol. The van der Waals surface area contributed by atoms with E-state index in [9.17, 15) is 14.7 Å². The number of hydrogen-bond donors (Lipinski definition) is 1. The Hall–Kier alpha value is -3.32. The SMILES string of the molecule is CCOc1ccc(/C(O)=C2\C(=O)C(=O)N(CCN(CC)CC)C2c2ccccc2OC)cc1C(C)C. The summed E-state index contributed by atoms with van der Waals surface area (Å²) in [5.41, 5.74) is 2.13. The Morgan fingerprint density at radius 3 is 2.36 bits per heavy atom. The van der Waals surface area contributed by atoms with Crippen LogP contribution in [-0.2, 0) is 9.59 Å². The van der Waals surface area contributed by atoms with Gasteiger partial charge in [0.1, 0.15) is 17.3 Å². The standard InChI is InChI=1S/C29H38N2O5/c1-7-30(8-2)16-17-31-26(21-12-10-11-13-23(21)35-6)25(28(33)29(31)34)27(32)20-14-15-24(36-9-3)22(18-20)19(4)5/h10-15,18-19,26,32H,7-9,16-17H2,1-6H3/b27-25+. The third kappa shape index (κ3) is 5.41. The van der Waals surface area contributed by atoms with Crippen LogP contribution in [0, 0.1) is 0 Å². The van der Waals surface area contributed by atoms with Crippen LogP contribution in [0.15, 0.2) is 48.0 Å². The van der Waals surface area contributed by atoms with Gasteiger partial charge in [-0.2, -0.15) is 0 Å². The van der Waals surface area contributed by atoms with E-state index in [2.05, 4.69) is 18.7 Å². The molecule has 1 aliphatic heterocycles. The molecule has 2 aromatic rings. The summed E-state index contributed by atoms with van der Waals surface area (Å²) < 4.78 is 11.4. The molecule has 7 heteroatoms. The van der Waals surface area contributed by atoms with E-state index in [0.717, 1.165) is 24.4 Å². The Labute approximate surface area is 214 Å². The number of amides is 1. The zero-order valence-corrected chi connectivity index (χ0v) is 22.2. The maximum absolute atomic E-state index is 13.4. The lowest BCUT2D eigenvalue weighted by atomic mass is 9.92. The molecule has 0 bridgehead atoms. The van der Waals surface area contributed by atoms with Crippen molar-refractivity contribution in [3.63, 3.8) is 0 Å². The molecule has 1 fully saturated rings. The van der Waals surface area contributed by atoms with E-state index < -0.39 is 17.7 Å². The maximum Gasteiger partial charge on any atom is 0.295 e. The zero-order chi connectivity index (χ0) is 26.4. The number of Topliss-reactive ketones (excluding diaryl/α,β-unsaturated/α-hetero) is 1. The molecule has 1 N–H and O–H groups in total. The highest BCUT2D eigenvalue weighted by Gasteiger charge is 2.47. The molecule has 0 aromatic heterocycles. The number of benzene rings is 2. The highest BCUT2D eigenvalue weighted by atomic mass is 16.5. The first kappa shape index (κ1) is 27.3. The molecule has 1 atom stereocenters. The van der Waals surface area contributed by atoms with Crippen molar-refractivity contribution in [2.45, 2.75) is 46.6 Å². The van der Waals surface area contributed by atoms with E-state index in [-0.39, 0.29) is 17.3 Å². The summed E-state index contributed by atoms with van der Waals surface area (Å²) in [6, 6.07) is 11.9. The lowest BCUT2D eigenvalue weighted by molar-refractivity contribution is -0.140. The Bertz CT molecular complexity index is 1120. The molecule has 1 heterocycles. The molecule has 3 rings (SSSR count). The number of carbonyl (C=O) groups excluding carboxylic acids is 2. The summed E-state index contributed by atoms with van der Waals surface area (Å²) in [5, 5.41) is 11.5. The van der Waals surface area contributed by atoms with Gasteiger partial charge in [0.25, 0.3) is 11.7 Å². The number of nitrogens with zero attached hydrogens (tertiary/aromatic N) is 2. The third-order valence-corrected chi connectivity index (χ3v) is 6.73. The summed E-state index contributed by atoms with van der Waals surface area (Å²) in [6.45, 7) is 13.3. The van der Waals surface area contributed by atoms with Gasteiger partial charge >= 0.3 is 0 Å². The van der Waals surface area contributed by atoms with Crippen LogP contribution in [0.2, 0.25) is 0 Å². The molecule has 0 aliphatic carbocycles.